The third-order valence-corrected chi connectivity index (χ3v) is 7.27. The number of hydrogen-bond acceptors (Lipinski definition) is 2. The van der Waals surface area contributed by atoms with Gasteiger partial charge in [0, 0.05) is 31.0 Å². The lowest BCUT2D eigenvalue weighted by Gasteiger charge is -2.33. The van der Waals surface area contributed by atoms with Gasteiger partial charge in [0.1, 0.15) is 11.9 Å². The van der Waals surface area contributed by atoms with Gasteiger partial charge in [0.2, 0.25) is 11.8 Å². The van der Waals surface area contributed by atoms with E-state index in [-0.39, 0.29) is 36.6 Å². The second kappa shape index (κ2) is 13.2. The van der Waals surface area contributed by atoms with E-state index in [4.69, 9.17) is 0 Å². The Morgan fingerprint density at radius 2 is 1.57 bits per heavy atom. The summed E-state index contributed by atoms with van der Waals surface area (Å²) in [7, 11) is 0. The standard InChI is InChI=1S/C32H37FN2O2/c1-24-16-18-25(19-17-24)20-21-31(36)35(23-27-12-8-9-15-29(27)33)30(22-26-10-4-2-5-11-26)32(37)34-28-13-6-3-7-14-28/h2,4-5,8-12,15-19,28,30H,3,6-7,13-14,20-23H2,1H3,(H,34,37)/t30-/m0/s1. The number of benzene rings is 3. The molecule has 0 aliphatic heterocycles. The van der Waals surface area contributed by atoms with Gasteiger partial charge in [-0.3, -0.25) is 9.59 Å². The number of carbonyl (C=O) groups excluding carboxylic acids is 2. The maximum atomic E-state index is 14.7. The number of amides is 2. The summed E-state index contributed by atoms with van der Waals surface area (Å²) >= 11 is 0. The first-order chi connectivity index (χ1) is 18.0. The molecule has 194 valence electrons. The molecule has 0 radical (unpaired) electrons. The average Bonchev–Trinajstić information content (AvgIpc) is 2.92. The van der Waals surface area contributed by atoms with Crippen LogP contribution in [0.25, 0.3) is 0 Å². The smallest absolute Gasteiger partial charge is 0.243 e. The first kappa shape index (κ1) is 26.6. The summed E-state index contributed by atoms with van der Waals surface area (Å²) in [5.41, 5.74) is 3.61. The molecule has 0 saturated heterocycles. The summed E-state index contributed by atoms with van der Waals surface area (Å²) in [5.74, 6) is -0.677. The zero-order valence-electron chi connectivity index (χ0n) is 21.7. The van der Waals surface area contributed by atoms with Crippen molar-refractivity contribution in [2.75, 3.05) is 0 Å². The molecule has 5 heteroatoms. The van der Waals surface area contributed by atoms with Crippen molar-refractivity contribution in [2.24, 2.45) is 0 Å². The van der Waals surface area contributed by atoms with Crippen LogP contribution in [0.5, 0.6) is 0 Å². The van der Waals surface area contributed by atoms with Gasteiger partial charge in [0.15, 0.2) is 0 Å². The normalized spacial score (nSPS) is 14.6. The van der Waals surface area contributed by atoms with Crippen LogP contribution in [0.2, 0.25) is 0 Å². The Bertz CT molecular complexity index is 1160. The van der Waals surface area contributed by atoms with Crippen molar-refractivity contribution in [1.29, 1.82) is 0 Å². The SMILES string of the molecule is Cc1ccc(CCC(=O)N(Cc2ccccc2F)[C@@H](Cc2ccccc2)C(=O)NC2CCCCC2)cc1. The van der Waals surface area contributed by atoms with Crippen LogP contribution in [0.15, 0.2) is 78.9 Å². The van der Waals surface area contributed by atoms with E-state index in [0.29, 0.717) is 18.4 Å². The van der Waals surface area contributed by atoms with Gasteiger partial charge in [-0.1, -0.05) is 97.6 Å². The Labute approximate surface area is 219 Å². The van der Waals surface area contributed by atoms with Crippen LogP contribution in [0, 0.1) is 12.7 Å². The maximum absolute atomic E-state index is 14.7. The van der Waals surface area contributed by atoms with Crippen molar-refractivity contribution < 1.29 is 14.0 Å². The van der Waals surface area contributed by atoms with E-state index in [1.54, 1.807) is 23.1 Å². The molecular formula is C32H37FN2O2. The van der Waals surface area contributed by atoms with Crippen molar-refractivity contribution in [1.82, 2.24) is 10.2 Å². The molecule has 1 N–H and O–H groups in total. The number of halogens is 1. The van der Waals surface area contributed by atoms with E-state index in [9.17, 15) is 14.0 Å². The molecular weight excluding hydrogens is 463 g/mol. The second-order valence-corrected chi connectivity index (χ2v) is 10.1. The summed E-state index contributed by atoms with van der Waals surface area (Å²) in [5, 5.41) is 3.23. The fourth-order valence-electron chi connectivity index (χ4n) is 5.06. The highest BCUT2D eigenvalue weighted by Crippen LogP contribution is 2.21. The predicted octanol–water partition coefficient (Wildman–Crippen LogP) is 6.16. The topological polar surface area (TPSA) is 49.4 Å². The van der Waals surface area contributed by atoms with Gasteiger partial charge in [-0.05, 0) is 43.4 Å². The fraction of sp³-hybridized carbons (Fsp3) is 0.375. The zero-order valence-corrected chi connectivity index (χ0v) is 21.7. The molecule has 0 aromatic heterocycles. The molecule has 3 aromatic carbocycles. The molecule has 0 unspecified atom stereocenters. The van der Waals surface area contributed by atoms with Crippen LogP contribution in [0.3, 0.4) is 0 Å². The van der Waals surface area contributed by atoms with Crippen LogP contribution in [-0.2, 0) is 29.0 Å². The molecule has 1 aliphatic carbocycles. The highest BCUT2D eigenvalue weighted by molar-refractivity contribution is 5.88. The minimum atomic E-state index is -0.727. The number of rotatable bonds is 10. The molecule has 1 aliphatic rings. The first-order valence-corrected chi connectivity index (χ1v) is 13.4. The van der Waals surface area contributed by atoms with Crippen molar-refractivity contribution in [3.63, 3.8) is 0 Å². The van der Waals surface area contributed by atoms with Gasteiger partial charge >= 0.3 is 0 Å². The van der Waals surface area contributed by atoms with E-state index in [0.717, 1.165) is 36.8 Å². The lowest BCUT2D eigenvalue weighted by atomic mass is 9.94. The van der Waals surface area contributed by atoms with E-state index < -0.39 is 6.04 Å². The van der Waals surface area contributed by atoms with Gasteiger partial charge in [0.25, 0.3) is 0 Å². The van der Waals surface area contributed by atoms with Crippen molar-refractivity contribution >= 4 is 11.8 Å². The van der Waals surface area contributed by atoms with Gasteiger partial charge < -0.3 is 10.2 Å². The Balaban J connectivity index is 1.61. The quantitative estimate of drug-likeness (QED) is 0.363. The molecule has 0 bridgehead atoms. The van der Waals surface area contributed by atoms with Crippen LogP contribution < -0.4 is 5.32 Å². The molecule has 4 nitrogen and oxygen atoms in total. The zero-order chi connectivity index (χ0) is 26.0. The lowest BCUT2D eigenvalue weighted by molar-refractivity contribution is -0.141. The van der Waals surface area contributed by atoms with Gasteiger partial charge in [0.05, 0.1) is 0 Å². The third-order valence-electron chi connectivity index (χ3n) is 7.27. The van der Waals surface area contributed by atoms with Gasteiger partial charge in [-0.25, -0.2) is 4.39 Å². The van der Waals surface area contributed by atoms with E-state index in [1.165, 1.54) is 18.1 Å². The minimum Gasteiger partial charge on any atom is -0.352 e. The highest BCUT2D eigenvalue weighted by atomic mass is 19.1. The molecule has 0 spiro atoms. The van der Waals surface area contributed by atoms with E-state index >= 15 is 0 Å². The summed E-state index contributed by atoms with van der Waals surface area (Å²) in [6.45, 7) is 2.08. The highest BCUT2D eigenvalue weighted by Gasteiger charge is 2.32. The fourth-order valence-corrected chi connectivity index (χ4v) is 5.06. The number of hydrogen-bond donors (Lipinski definition) is 1. The van der Waals surface area contributed by atoms with Gasteiger partial charge in [-0.2, -0.15) is 0 Å². The Morgan fingerprint density at radius 1 is 0.892 bits per heavy atom. The summed E-state index contributed by atoms with van der Waals surface area (Å²) in [6, 6.07) is 23.8. The van der Waals surface area contributed by atoms with E-state index in [2.05, 4.69) is 5.32 Å². The number of nitrogens with zero attached hydrogens (tertiary/aromatic N) is 1. The van der Waals surface area contributed by atoms with E-state index in [1.807, 2.05) is 61.5 Å². The van der Waals surface area contributed by atoms with Crippen LogP contribution >= 0.6 is 0 Å². The number of nitrogens with one attached hydrogen (secondary N) is 1. The summed E-state index contributed by atoms with van der Waals surface area (Å²) in [4.78, 5) is 29.1. The number of aryl methyl sites for hydroxylation is 2. The third kappa shape index (κ3) is 7.75. The predicted molar refractivity (Wildman–Crippen MR) is 145 cm³/mol. The van der Waals surface area contributed by atoms with Crippen molar-refractivity contribution in [3.8, 4) is 0 Å². The Hall–Kier alpha value is -3.47. The molecule has 1 atom stereocenters. The van der Waals surface area contributed by atoms with Gasteiger partial charge in [-0.15, -0.1) is 0 Å². The monoisotopic (exact) mass is 500 g/mol. The lowest BCUT2D eigenvalue weighted by Crippen LogP contribution is -2.53. The van der Waals surface area contributed by atoms with Crippen LogP contribution in [0.1, 0.15) is 60.8 Å². The molecule has 1 saturated carbocycles. The second-order valence-electron chi connectivity index (χ2n) is 10.1. The minimum absolute atomic E-state index is 0.0506. The number of carbonyl (C=O) groups is 2. The molecule has 3 aromatic rings. The summed E-state index contributed by atoms with van der Waals surface area (Å²) in [6.07, 6.45) is 6.50. The molecule has 2 amide bonds. The first-order valence-electron chi connectivity index (χ1n) is 13.4. The molecule has 1 fully saturated rings. The molecule has 0 heterocycles. The Kier molecular flexibility index (Phi) is 9.47. The van der Waals surface area contributed by atoms with Crippen molar-refractivity contribution in [3.05, 3.63) is 107 Å². The van der Waals surface area contributed by atoms with Crippen LogP contribution in [0.4, 0.5) is 4.39 Å². The molecule has 4 rings (SSSR count). The largest absolute Gasteiger partial charge is 0.352 e. The molecule has 37 heavy (non-hydrogen) atoms. The maximum Gasteiger partial charge on any atom is 0.243 e. The van der Waals surface area contributed by atoms with Crippen molar-refractivity contribution in [2.45, 2.75) is 76.9 Å². The average molecular weight is 501 g/mol. The van der Waals surface area contributed by atoms with Crippen LogP contribution in [-0.4, -0.2) is 28.8 Å². The summed E-state index contributed by atoms with van der Waals surface area (Å²) < 4.78 is 14.7. The Morgan fingerprint density at radius 3 is 2.27 bits per heavy atom.